The Hall–Kier alpha value is -0.640. The van der Waals surface area contributed by atoms with Gasteiger partial charge in [-0.2, -0.15) is 0 Å². The fourth-order valence-electron chi connectivity index (χ4n) is 2.33. The van der Waals surface area contributed by atoms with Gasteiger partial charge >= 0.3 is 0 Å². The van der Waals surface area contributed by atoms with E-state index in [0.717, 1.165) is 23.4 Å². The summed E-state index contributed by atoms with van der Waals surface area (Å²) in [6.07, 6.45) is 3.38. The Bertz CT molecular complexity index is 523. The molecule has 1 aromatic heterocycles. The molecule has 2 N–H and O–H groups in total. The average Bonchev–Trinajstić information content (AvgIpc) is 2.83. The summed E-state index contributed by atoms with van der Waals surface area (Å²) in [5, 5.41) is 1.98. The molecule has 0 spiro atoms. The molecule has 2 nitrogen and oxygen atoms in total. The smallest absolute Gasteiger partial charge is 0.0970 e. The van der Waals surface area contributed by atoms with Crippen LogP contribution in [0.25, 0.3) is 10.2 Å². The van der Waals surface area contributed by atoms with Crippen LogP contribution in [0.4, 0.5) is 0 Å². The molecule has 1 saturated carbocycles. The summed E-state index contributed by atoms with van der Waals surface area (Å²) in [5.41, 5.74) is 6.96. The van der Waals surface area contributed by atoms with E-state index < -0.39 is 0 Å². The van der Waals surface area contributed by atoms with Gasteiger partial charge in [0.25, 0.3) is 0 Å². The van der Waals surface area contributed by atoms with Crippen molar-refractivity contribution >= 4 is 33.2 Å². The van der Waals surface area contributed by atoms with E-state index >= 15 is 0 Å². The van der Waals surface area contributed by atoms with E-state index in [1.807, 2.05) is 18.2 Å². The maximum Gasteiger partial charge on any atom is 0.0970 e. The lowest BCUT2D eigenvalue weighted by atomic mass is 10.1. The number of nitrogens with two attached hydrogens (primary N) is 1. The Morgan fingerprint density at radius 1 is 1.38 bits per heavy atom. The minimum atomic E-state index is 0.362. The van der Waals surface area contributed by atoms with Gasteiger partial charge < -0.3 is 5.73 Å². The largest absolute Gasteiger partial charge is 0.328 e. The lowest BCUT2D eigenvalue weighted by molar-refractivity contribution is 0.673. The van der Waals surface area contributed by atoms with Gasteiger partial charge in [0.05, 0.1) is 15.2 Å². The molecule has 0 amide bonds. The van der Waals surface area contributed by atoms with Crippen LogP contribution < -0.4 is 5.73 Å². The second-order valence-electron chi connectivity index (χ2n) is 4.43. The molecule has 16 heavy (non-hydrogen) atoms. The van der Waals surface area contributed by atoms with Crippen molar-refractivity contribution in [2.45, 2.75) is 31.2 Å². The molecule has 1 aromatic carbocycles. The molecule has 0 radical (unpaired) electrons. The van der Waals surface area contributed by atoms with Crippen molar-refractivity contribution in [2.24, 2.45) is 5.73 Å². The van der Waals surface area contributed by atoms with Crippen LogP contribution in [0.5, 0.6) is 0 Å². The Balaban J connectivity index is 1.99. The summed E-state index contributed by atoms with van der Waals surface area (Å²) in [7, 11) is 0. The number of aromatic nitrogens is 1. The molecule has 2 atom stereocenters. The van der Waals surface area contributed by atoms with Crippen molar-refractivity contribution in [3.63, 3.8) is 0 Å². The number of rotatable bonds is 1. The lowest BCUT2D eigenvalue weighted by Gasteiger charge is -2.03. The van der Waals surface area contributed by atoms with E-state index in [0.29, 0.717) is 12.0 Å². The minimum Gasteiger partial charge on any atom is -0.328 e. The summed E-state index contributed by atoms with van der Waals surface area (Å²) in [6.45, 7) is 0. The van der Waals surface area contributed by atoms with Crippen LogP contribution in [0.3, 0.4) is 0 Å². The van der Waals surface area contributed by atoms with Crippen LogP contribution in [-0.2, 0) is 0 Å². The first kappa shape index (κ1) is 10.5. The van der Waals surface area contributed by atoms with Crippen LogP contribution in [0.1, 0.15) is 30.2 Å². The van der Waals surface area contributed by atoms with Crippen molar-refractivity contribution in [1.29, 1.82) is 0 Å². The van der Waals surface area contributed by atoms with Gasteiger partial charge in [0.2, 0.25) is 0 Å². The monoisotopic (exact) mass is 252 g/mol. The van der Waals surface area contributed by atoms with Crippen LogP contribution in [0.15, 0.2) is 18.2 Å². The van der Waals surface area contributed by atoms with Gasteiger partial charge in [-0.05, 0) is 37.5 Å². The first-order valence-electron chi connectivity index (χ1n) is 5.54. The molecule has 84 valence electrons. The molecule has 4 heteroatoms. The zero-order valence-electron chi connectivity index (χ0n) is 8.82. The highest BCUT2D eigenvalue weighted by Crippen LogP contribution is 2.37. The maximum atomic E-state index is 5.96. The number of halogens is 1. The van der Waals surface area contributed by atoms with Crippen LogP contribution in [0, 0.1) is 0 Å². The van der Waals surface area contributed by atoms with Gasteiger partial charge in [-0.25, -0.2) is 4.98 Å². The van der Waals surface area contributed by atoms with Gasteiger partial charge in [0, 0.05) is 17.0 Å². The summed E-state index contributed by atoms with van der Waals surface area (Å²) in [6, 6.07) is 6.27. The van der Waals surface area contributed by atoms with Crippen molar-refractivity contribution in [1.82, 2.24) is 4.98 Å². The normalized spacial score (nSPS) is 25.4. The molecule has 1 aliphatic carbocycles. The van der Waals surface area contributed by atoms with E-state index in [9.17, 15) is 0 Å². The second kappa shape index (κ2) is 3.99. The predicted octanol–water partition coefficient (Wildman–Crippen LogP) is 3.54. The fourth-order valence-corrected chi connectivity index (χ4v) is 3.60. The SMILES string of the molecule is NC1CCC(c2nc3cc(Cl)ccc3s2)C1. The Morgan fingerprint density at radius 3 is 3.00 bits per heavy atom. The number of hydrogen-bond donors (Lipinski definition) is 1. The molecule has 0 bridgehead atoms. The van der Waals surface area contributed by atoms with Crippen LogP contribution >= 0.6 is 22.9 Å². The van der Waals surface area contributed by atoms with Crippen molar-refractivity contribution < 1.29 is 0 Å². The molecule has 2 aromatic rings. The Labute approximate surface area is 103 Å². The standard InChI is InChI=1S/C12H13ClN2S/c13-8-2-4-11-10(6-8)15-12(16-11)7-1-3-9(14)5-7/h2,4,6-7,9H,1,3,5,14H2. The zero-order valence-corrected chi connectivity index (χ0v) is 10.4. The second-order valence-corrected chi connectivity index (χ2v) is 5.93. The summed E-state index contributed by atoms with van der Waals surface area (Å²) in [5.74, 6) is 0.561. The summed E-state index contributed by atoms with van der Waals surface area (Å²) in [4.78, 5) is 4.67. The van der Waals surface area contributed by atoms with Gasteiger partial charge in [-0.1, -0.05) is 11.6 Å². The third kappa shape index (κ3) is 1.83. The molecule has 3 rings (SSSR count). The lowest BCUT2D eigenvalue weighted by Crippen LogP contribution is -2.14. The van der Waals surface area contributed by atoms with Gasteiger partial charge in [-0.15, -0.1) is 11.3 Å². The van der Waals surface area contributed by atoms with E-state index in [-0.39, 0.29) is 0 Å². The van der Waals surface area contributed by atoms with Crippen molar-refractivity contribution in [3.8, 4) is 0 Å². The maximum absolute atomic E-state index is 5.96. The van der Waals surface area contributed by atoms with Crippen LogP contribution in [0.2, 0.25) is 5.02 Å². The van der Waals surface area contributed by atoms with E-state index in [2.05, 4.69) is 4.98 Å². The number of thiazole rings is 1. The van der Waals surface area contributed by atoms with Crippen molar-refractivity contribution in [3.05, 3.63) is 28.2 Å². The van der Waals surface area contributed by atoms with E-state index in [1.54, 1.807) is 11.3 Å². The molecule has 0 aliphatic heterocycles. The molecule has 1 heterocycles. The van der Waals surface area contributed by atoms with Gasteiger partial charge in [0.15, 0.2) is 0 Å². The van der Waals surface area contributed by atoms with Gasteiger partial charge in [-0.3, -0.25) is 0 Å². The zero-order chi connectivity index (χ0) is 11.1. The molecular formula is C12H13ClN2S. The predicted molar refractivity (Wildman–Crippen MR) is 69.2 cm³/mol. The average molecular weight is 253 g/mol. The highest BCUT2D eigenvalue weighted by atomic mass is 35.5. The minimum absolute atomic E-state index is 0.362. The first-order valence-corrected chi connectivity index (χ1v) is 6.73. The number of nitrogens with zero attached hydrogens (tertiary/aromatic N) is 1. The number of hydrogen-bond acceptors (Lipinski definition) is 3. The highest BCUT2D eigenvalue weighted by molar-refractivity contribution is 7.18. The summed E-state index contributed by atoms with van der Waals surface area (Å²) < 4.78 is 1.22. The van der Waals surface area contributed by atoms with E-state index in [4.69, 9.17) is 17.3 Å². The molecule has 1 fully saturated rings. The Kier molecular flexibility index (Phi) is 2.62. The van der Waals surface area contributed by atoms with Crippen LogP contribution in [-0.4, -0.2) is 11.0 Å². The van der Waals surface area contributed by atoms with E-state index in [1.165, 1.54) is 16.1 Å². The van der Waals surface area contributed by atoms with Crippen molar-refractivity contribution in [2.75, 3.05) is 0 Å². The third-order valence-corrected chi connectivity index (χ3v) is 4.62. The summed E-state index contributed by atoms with van der Waals surface area (Å²) >= 11 is 7.74. The molecule has 1 aliphatic rings. The highest BCUT2D eigenvalue weighted by Gasteiger charge is 2.25. The first-order chi connectivity index (χ1) is 7.72. The Morgan fingerprint density at radius 2 is 2.25 bits per heavy atom. The van der Waals surface area contributed by atoms with Gasteiger partial charge in [0.1, 0.15) is 0 Å². The quantitative estimate of drug-likeness (QED) is 0.843. The third-order valence-electron chi connectivity index (χ3n) is 3.19. The fraction of sp³-hybridized carbons (Fsp3) is 0.417. The molecular weight excluding hydrogens is 240 g/mol. The number of benzene rings is 1. The number of fused-ring (bicyclic) bond motifs is 1. The molecule has 2 unspecified atom stereocenters. The molecule has 0 saturated heterocycles. The topological polar surface area (TPSA) is 38.9 Å².